The standard InChI is InChI=1S/C16H22N2OS/c1-12-5-2-3-6-13(12)8-9-15(19)18-10-4-7-14(11-18)16(17)20/h2-3,5-6,14H,4,7-11H2,1H3,(H2,17,20). The van der Waals surface area contributed by atoms with Crippen molar-refractivity contribution in [3.05, 3.63) is 35.4 Å². The Morgan fingerprint density at radius 3 is 2.90 bits per heavy atom. The minimum atomic E-state index is 0.196. The third kappa shape index (κ3) is 3.79. The fourth-order valence-corrected chi connectivity index (χ4v) is 2.92. The maximum atomic E-state index is 12.3. The van der Waals surface area contributed by atoms with E-state index in [9.17, 15) is 4.79 Å². The molecule has 1 unspecified atom stereocenters. The quantitative estimate of drug-likeness (QED) is 0.866. The number of piperidine rings is 1. The van der Waals surface area contributed by atoms with Crippen molar-refractivity contribution >= 4 is 23.1 Å². The van der Waals surface area contributed by atoms with E-state index in [4.69, 9.17) is 18.0 Å². The molecule has 0 aliphatic carbocycles. The number of carbonyl (C=O) groups excluding carboxylic acids is 1. The van der Waals surface area contributed by atoms with Crippen LogP contribution in [0.4, 0.5) is 0 Å². The second-order valence-corrected chi connectivity index (χ2v) is 5.98. The summed E-state index contributed by atoms with van der Waals surface area (Å²) in [7, 11) is 0. The van der Waals surface area contributed by atoms with Crippen LogP contribution in [0.25, 0.3) is 0 Å². The molecule has 1 aliphatic rings. The van der Waals surface area contributed by atoms with Crippen LogP contribution in [0.2, 0.25) is 0 Å². The van der Waals surface area contributed by atoms with Gasteiger partial charge in [-0.05, 0) is 37.3 Å². The van der Waals surface area contributed by atoms with Gasteiger partial charge in [-0.1, -0.05) is 36.5 Å². The molecule has 0 aromatic heterocycles. The molecule has 0 saturated carbocycles. The highest BCUT2D eigenvalue weighted by molar-refractivity contribution is 7.80. The first kappa shape index (κ1) is 15.0. The van der Waals surface area contributed by atoms with Gasteiger partial charge in [0.15, 0.2) is 0 Å². The zero-order valence-electron chi connectivity index (χ0n) is 12.0. The fourth-order valence-electron chi connectivity index (χ4n) is 2.73. The first-order valence-corrected chi connectivity index (χ1v) is 7.60. The Labute approximate surface area is 126 Å². The summed E-state index contributed by atoms with van der Waals surface area (Å²) in [5, 5.41) is 0. The zero-order chi connectivity index (χ0) is 14.5. The first-order chi connectivity index (χ1) is 9.58. The first-order valence-electron chi connectivity index (χ1n) is 7.19. The Bertz CT molecular complexity index is 501. The average Bonchev–Trinajstić information content (AvgIpc) is 2.46. The second kappa shape index (κ2) is 6.84. The number of benzene rings is 1. The largest absolute Gasteiger partial charge is 0.393 e. The van der Waals surface area contributed by atoms with E-state index in [1.54, 1.807) is 0 Å². The van der Waals surface area contributed by atoms with Crippen molar-refractivity contribution in [2.24, 2.45) is 11.7 Å². The number of hydrogen-bond acceptors (Lipinski definition) is 2. The molecule has 20 heavy (non-hydrogen) atoms. The number of thiocarbonyl (C=S) groups is 1. The number of rotatable bonds is 4. The van der Waals surface area contributed by atoms with Gasteiger partial charge in [0.25, 0.3) is 0 Å². The summed E-state index contributed by atoms with van der Waals surface area (Å²) < 4.78 is 0. The van der Waals surface area contributed by atoms with Crippen molar-refractivity contribution in [3.8, 4) is 0 Å². The number of nitrogens with zero attached hydrogens (tertiary/aromatic N) is 1. The minimum Gasteiger partial charge on any atom is -0.393 e. The molecular formula is C16H22N2OS. The number of carbonyl (C=O) groups is 1. The van der Waals surface area contributed by atoms with Crippen molar-refractivity contribution < 1.29 is 4.79 Å². The lowest BCUT2D eigenvalue weighted by atomic mass is 9.97. The summed E-state index contributed by atoms with van der Waals surface area (Å²) in [5.41, 5.74) is 8.21. The SMILES string of the molecule is Cc1ccccc1CCC(=O)N1CCCC(C(N)=S)C1. The smallest absolute Gasteiger partial charge is 0.222 e. The Balaban J connectivity index is 1.89. The van der Waals surface area contributed by atoms with Crippen molar-refractivity contribution in [3.63, 3.8) is 0 Å². The van der Waals surface area contributed by atoms with E-state index in [-0.39, 0.29) is 11.8 Å². The summed E-state index contributed by atoms with van der Waals surface area (Å²) in [4.78, 5) is 14.8. The van der Waals surface area contributed by atoms with E-state index in [1.807, 2.05) is 17.0 Å². The molecule has 1 aromatic rings. The lowest BCUT2D eigenvalue weighted by Gasteiger charge is -2.32. The van der Waals surface area contributed by atoms with Crippen molar-refractivity contribution in [1.29, 1.82) is 0 Å². The van der Waals surface area contributed by atoms with Crippen LogP contribution >= 0.6 is 12.2 Å². The van der Waals surface area contributed by atoms with Crippen LogP contribution in [0.1, 0.15) is 30.4 Å². The van der Waals surface area contributed by atoms with Crippen molar-refractivity contribution in [2.45, 2.75) is 32.6 Å². The topological polar surface area (TPSA) is 46.3 Å². The van der Waals surface area contributed by atoms with E-state index in [0.29, 0.717) is 18.0 Å². The van der Waals surface area contributed by atoms with Crippen molar-refractivity contribution in [2.75, 3.05) is 13.1 Å². The number of hydrogen-bond donors (Lipinski definition) is 1. The molecule has 108 valence electrons. The molecule has 1 fully saturated rings. The molecule has 1 saturated heterocycles. The molecule has 0 spiro atoms. The molecule has 1 aliphatic heterocycles. The minimum absolute atomic E-state index is 0.196. The predicted octanol–water partition coefficient (Wildman–Crippen LogP) is 2.45. The molecular weight excluding hydrogens is 268 g/mol. The summed E-state index contributed by atoms with van der Waals surface area (Å²) in [6.45, 7) is 3.62. The van der Waals surface area contributed by atoms with Crippen LogP contribution in [0, 0.1) is 12.8 Å². The number of amides is 1. The van der Waals surface area contributed by atoms with E-state index in [2.05, 4.69) is 19.1 Å². The van der Waals surface area contributed by atoms with Gasteiger partial charge < -0.3 is 10.6 Å². The maximum absolute atomic E-state index is 12.3. The third-order valence-electron chi connectivity index (χ3n) is 4.05. The van der Waals surface area contributed by atoms with Crippen LogP contribution in [-0.4, -0.2) is 28.9 Å². The van der Waals surface area contributed by atoms with Crippen molar-refractivity contribution in [1.82, 2.24) is 4.90 Å². The number of nitrogens with two attached hydrogens (primary N) is 1. The third-order valence-corrected chi connectivity index (χ3v) is 4.38. The predicted molar refractivity (Wildman–Crippen MR) is 85.6 cm³/mol. The molecule has 1 aromatic carbocycles. The van der Waals surface area contributed by atoms with Gasteiger partial charge in [0.2, 0.25) is 5.91 Å². The summed E-state index contributed by atoms with van der Waals surface area (Å²) in [6, 6.07) is 8.23. The normalized spacial score (nSPS) is 18.9. The molecule has 1 heterocycles. The van der Waals surface area contributed by atoms with Gasteiger partial charge in [-0.3, -0.25) is 4.79 Å². The van der Waals surface area contributed by atoms with E-state index in [0.717, 1.165) is 25.8 Å². The summed E-state index contributed by atoms with van der Waals surface area (Å²) >= 11 is 5.05. The van der Waals surface area contributed by atoms with Gasteiger partial charge in [0, 0.05) is 25.4 Å². The van der Waals surface area contributed by atoms with Crippen LogP contribution in [0.3, 0.4) is 0 Å². The van der Waals surface area contributed by atoms with E-state index in [1.165, 1.54) is 11.1 Å². The molecule has 1 amide bonds. The van der Waals surface area contributed by atoms with Gasteiger partial charge in [0.05, 0.1) is 4.99 Å². The highest BCUT2D eigenvalue weighted by Crippen LogP contribution is 2.18. The Kier molecular flexibility index (Phi) is 5.12. The van der Waals surface area contributed by atoms with Gasteiger partial charge >= 0.3 is 0 Å². The molecule has 0 bridgehead atoms. The van der Waals surface area contributed by atoms with Gasteiger partial charge in [-0.2, -0.15) is 0 Å². The highest BCUT2D eigenvalue weighted by Gasteiger charge is 2.24. The summed E-state index contributed by atoms with van der Waals surface area (Å²) in [6.07, 6.45) is 3.38. The molecule has 2 rings (SSSR count). The van der Waals surface area contributed by atoms with E-state index >= 15 is 0 Å². The zero-order valence-corrected chi connectivity index (χ0v) is 12.8. The van der Waals surface area contributed by atoms with E-state index < -0.39 is 0 Å². The summed E-state index contributed by atoms with van der Waals surface area (Å²) in [5.74, 6) is 0.412. The lowest BCUT2D eigenvalue weighted by Crippen LogP contribution is -2.43. The molecule has 2 N–H and O–H groups in total. The molecule has 1 atom stereocenters. The second-order valence-electron chi connectivity index (χ2n) is 5.51. The number of aryl methyl sites for hydroxylation is 2. The van der Waals surface area contributed by atoms with Gasteiger partial charge in [-0.15, -0.1) is 0 Å². The fraction of sp³-hybridized carbons (Fsp3) is 0.500. The molecule has 3 nitrogen and oxygen atoms in total. The Morgan fingerprint density at radius 2 is 2.20 bits per heavy atom. The highest BCUT2D eigenvalue weighted by atomic mass is 32.1. The van der Waals surface area contributed by atoms with Crippen LogP contribution in [-0.2, 0) is 11.2 Å². The lowest BCUT2D eigenvalue weighted by molar-refractivity contribution is -0.132. The van der Waals surface area contributed by atoms with Gasteiger partial charge in [-0.25, -0.2) is 0 Å². The van der Waals surface area contributed by atoms with Crippen LogP contribution < -0.4 is 5.73 Å². The molecule has 4 heteroatoms. The average molecular weight is 290 g/mol. The Morgan fingerprint density at radius 1 is 1.45 bits per heavy atom. The molecule has 0 radical (unpaired) electrons. The van der Waals surface area contributed by atoms with Crippen LogP contribution in [0.15, 0.2) is 24.3 Å². The van der Waals surface area contributed by atoms with Crippen LogP contribution in [0.5, 0.6) is 0 Å². The maximum Gasteiger partial charge on any atom is 0.222 e. The monoisotopic (exact) mass is 290 g/mol. The van der Waals surface area contributed by atoms with Gasteiger partial charge in [0.1, 0.15) is 0 Å². The Hall–Kier alpha value is -1.42. The number of likely N-dealkylation sites (tertiary alicyclic amines) is 1.